The van der Waals surface area contributed by atoms with E-state index in [4.69, 9.17) is 18.0 Å². The molecule has 2 nitrogen and oxygen atoms in total. The molecule has 0 heterocycles. The lowest BCUT2D eigenvalue weighted by molar-refractivity contribution is -0.148. The van der Waals surface area contributed by atoms with E-state index in [0.29, 0.717) is 5.56 Å². The van der Waals surface area contributed by atoms with Crippen molar-refractivity contribution in [1.29, 1.82) is 0 Å². The molecule has 0 unspecified atom stereocenters. The first-order valence-electron chi connectivity index (χ1n) is 6.05. The number of halogens is 3. The maximum atomic E-state index is 12.5. The number of benzene rings is 1. The fraction of sp³-hybridized carbons (Fsp3) is 0.462. The van der Waals surface area contributed by atoms with E-state index in [-0.39, 0.29) is 17.6 Å². The molecule has 1 aromatic carbocycles. The van der Waals surface area contributed by atoms with Crippen molar-refractivity contribution in [2.75, 3.05) is 6.54 Å². The molecule has 1 fully saturated rings. The van der Waals surface area contributed by atoms with E-state index in [1.165, 1.54) is 4.90 Å². The molecule has 19 heavy (non-hydrogen) atoms. The van der Waals surface area contributed by atoms with E-state index < -0.39 is 12.7 Å². The van der Waals surface area contributed by atoms with E-state index in [1.54, 1.807) is 24.3 Å². The molecule has 0 bridgehead atoms. The van der Waals surface area contributed by atoms with Crippen molar-refractivity contribution in [1.82, 2.24) is 4.90 Å². The first kappa shape index (κ1) is 14.3. The lowest BCUT2D eigenvalue weighted by atomic mass is 10.1. The third-order valence-electron chi connectivity index (χ3n) is 3.04. The smallest absolute Gasteiger partial charge is 0.389 e. The first-order chi connectivity index (χ1) is 8.85. The molecule has 104 valence electrons. The summed E-state index contributed by atoms with van der Waals surface area (Å²) in [6, 6.07) is 7.14. The van der Waals surface area contributed by atoms with E-state index in [2.05, 4.69) is 0 Å². The van der Waals surface area contributed by atoms with Gasteiger partial charge in [-0.1, -0.05) is 30.4 Å². The summed E-state index contributed by atoms with van der Waals surface area (Å²) in [4.78, 5) is 1.73. The van der Waals surface area contributed by atoms with Crippen molar-refractivity contribution in [3.8, 4) is 0 Å². The topological polar surface area (TPSA) is 29.3 Å². The largest absolute Gasteiger partial charge is 0.401 e. The normalized spacial score (nSPS) is 15.8. The summed E-state index contributed by atoms with van der Waals surface area (Å²) in [5, 5.41) is 0. The molecule has 2 rings (SSSR count). The molecular weight excluding hydrogens is 273 g/mol. The number of nitrogens with two attached hydrogens (primary N) is 1. The Labute approximate surface area is 115 Å². The summed E-state index contributed by atoms with van der Waals surface area (Å²) >= 11 is 4.87. The van der Waals surface area contributed by atoms with Gasteiger partial charge in [0.1, 0.15) is 4.99 Å². The zero-order chi connectivity index (χ0) is 14.0. The lowest BCUT2D eigenvalue weighted by Gasteiger charge is -2.23. The van der Waals surface area contributed by atoms with Crippen molar-refractivity contribution < 1.29 is 13.2 Å². The van der Waals surface area contributed by atoms with Crippen molar-refractivity contribution in [2.24, 2.45) is 5.73 Å². The van der Waals surface area contributed by atoms with Crippen molar-refractivity contribution in [3.63, 3.8) is 0 Å². The maximum Gasteiger partial charge on any atom is 0.401 e. The summed E-state index contributed by atoms with van der Waals surface area (Å²) in [6.07, 6.45) is -2.49. The minimum atomic E-state index is -4.16. The van der Waals surface area contributed by atoms with Crippen LogP contribution >= 0.6 is 12.2 Å². The van der Waals surface area contributed by atoms with Gasteiger partial charge in [-0.15, -0.1) is 0 Å². The van der Waals surface area contributed by atoms with Crippen LogP contribution in [0.1, 0.15) is 24.0 Å². The quantitative estimate of drug-likeness (QED) is 0.845. The molecule has 1 aromatic rings. The second-order valence-electron chi connectivity index (χ2n) is 4.82. The Bertz CT molecular complexity index is 469. The molecular formula is C13H15F3N2S. The predicted molar refractivity (Wildman–Crippen MR) is 71.8 cm³/mol. The Morgan fingerprint density at radius 3 is 2.58 bits per heavy atom. The zero-order valence-electron chi connectivity index (χ0n) is 10.3. The number of hydrogen-bond acceptors (Lipinski definition) is 2. The highest BCUT2D eigenvalue weighted by atomic mass is 32.1. The van der Waals surface area contributed by atoms with Gasteiger partial charge in [0.05, 0.1) is 6.54 Å². The molecule has 1 aliphatic carbocycles. The molecule has 0 radical (unpaired) electrons. The van der Waals surface area contributed by atoms with Crippen LogP contribution in [0.4, 0.5) is 13.2 Å². The van der Waals surface area contributed by atoms with E-state index in [0.717, 1.165) is 18.4 Å². The Balaban J connectivity index is 2.08. The van der Waals surface area contributed by atoms with Gasteiger partial charge in [-0.25, -0.2) is 0 Å². The zero-order valence-corrected chi connectivity index (χ0v) is 11.1. The Hall–Kier alpha value is -1.14. The van der Waals surface area contributed by atoms with Crippen LogP contribution in [0.5, 0.6) is 0 Å². The Morgan fingerprint density at radius 2 is 2.05 bits per heavy atom. The first-order valence-corrected chi connectivity index (χ1v) is 6.45. The van der Waals surface area contributed by atoms with Crippen molar-refractivity contribution >= 4 is 17.2 Å². The fourth-order valence-corrected chi connectivity index (χ4v) is 2.17. The second-order valence-corrected chi connectivity index (χ2v) is 5.26. The summed E-state index contributed by atoms with van der Waals surface area (Å²) < 4.78 is 37.6. The highest BCUT2D eigenvalue weighted by molar-refractivity contribution is 7.80. The molecule has 0 aliphatic heterocycles. The van der Waals surface area contributed by atoms with Crippen molar-refractivity contribution in [2.45, 2.75) is 31.6 Å². The van der Waals surface area contributed by atoms with Gasteiger partial charge in [0.2, 0.25) is 0 Å². The van der Waals surface area contributed by atoms with E-state index >= 15 is 0 Å². The molecule has 0 amide bonds. The summed E-state index contributed by atoms with van der Waals surface area (Å²) in [5.41, 5.74) is 7.02. The fourth-order valence-electron chi connectivity index (χ4n) is 2.04. The second kappa shape index (κ2) is 5.46. The Kier molecular flexibility index (Phi) is 4.10. The standard InChI is InChI=1S/C13H15F3N2S/c14-13(15,16)8-18(11-4-5-11)7-9-2-1-3-10(6-9)12(17)19/h1-3,6,11H,4-5,7-8H2,(H2,17,19). The van der Waals surface area contributed by atoms with Gasteiger partial charge >= 0.3 is 6.18 Å². The highest BCUT2D eigenvalue weighted by Gasteiger charge is 2.37. The third-order valence-corrected chi connectivity index (χ3v) is 3.28. The molecule has 0 aromatic heterocycles. The minimum Gasteiger partial charge on any atom is -0.389 e. The van der Waals surface area contributed by atoms with Crippen LogP contribution in [0.3, 0.4) is 0 Å². The molecule has 1 aliphatic rings. The summed E-state index contributed by atoms with van der Waals surface area (Å²) in [7, 11) is 0. The molecule has 0 saturated heterocycles. The summed E-state index contributed by atoms with van der Waals surface area (Å²) in [5.74, 6) is 0. The van der Waals surface area contributed by atoms with E-state index in [9.17, 15) is 13.2 Å². The number of thiocarbonyl (C=S) groups is 1. The molecule has 6 heteroatoms. The third kappa shape index (κ3) is 4.47. The van der Waals surface area contributed by atoms with Gasteiger partial charge in [0, 0.05) is 18.2 Å². The molecule has 2 N–H and O–H groups in total. The van der Waals surface area contributed by atoms with Crippen LogP contribution in [0.2, 0.25) is 0 Å². The van der Waals surface area contributed by atoms with Crippen molar-refractivity contribution in [3.05, 3.63) is 35.4 Å². The van der Waals surface area contributed by atoms with Crippen LogP contribution in [0, 0.1) is 0 Å². The molecule has 0 atom stereocenters. The number of nitrogens with zero attached hydrogens (tertiary/aromatic N) is 1. The SMILES string of the molecule is NC(=S)c1cccc(CN(CC(F)(F)F)C2CC2)c1. The summed E-state index contributed by atoms with van der Waals surface area (Å²) in [6.45, 7) is -0.588. The average molecular weight is 288 g/mol. The highest BCUT2D eigenvalue weighted by Crippen LogP contribution is 2.31. The monoisotopic (exact) mass is 288 g/mol. The number of rotatable bonds is 5. The van der Waals surface area contributed by atoms with Gasteiger partial charge in [-0.2, -0.15) is 13.2 Å². The van der Waals surface area contributed by atoms with Gasteiger partial charge < -0.3 is 5.73 Å². The van der Waals surface area contributed by atoms with Gasteiger partial charge in [-0.3, -0.25) is 4.90 Å². The van der Waals surface area contributed by atoms with Crippen LogP contribution in [-0.2, 0) is 6.54 Å². The van der Waals surface area contributed by atoms with Gasteiger partial charge in [-0.05, 0) is 24.5 Å². The minimum absolute atomic E-state index is 0.0510. The Morgan fingerprint density at radius 1 is 1.37 bits per heavy atom. The van der Waals surface area contributed by atoms with Crippen LogP contribution in [0.25, 0.3) is 0 Å². The maximum absolute atomic E-state index is 12.5. The van der Waals surface area contributed by atoms with Crippen LogP contribution in [-0.4, -0.2) is 28.7 Å². The average Bonchev–Trinajstić information content (AvgIpc) is 3.10. The lowest BCUT2D eigenvalue weighted by Crippen LogP contribution is -2.35. The molecule has 1 saturated carbocycles. The van der Waals surface area contributed by atoms with Gasteiger partial charge in [0.15, 0.2) is 0 Å². The molecule has 0 spiro atoms. The number of alkyl halides is 3. The number of hydrogen-bond donors (Lipinski definition) is 1. The van der Waals surface area contributed by atoms with Crippen LogP contribution < -0.4 is 5.73 Å². The van der Waals surface area contributed by atoms with E-state index in [1.807, 2.05) is 0 Å². The van der Waals surface area contributed by atoms with Crippen LogP contribution in [0.15, 0.2) is 24.3 Å². The van der Waals surface area contributed by atoms with Gasteiger partial charge in [0.25, 0.3) is 0 Å². The predicted octanol–water partition coefficient (Wildman–Crippen LogP) is 2.85.